The van der Waals surface area contributed by atoms with Gasteiger partial charge >= 0.3 is 12.3 Å². The third kappa shape index (κ3) is 8.08. The number of carboxylic acid groups (broad SMARTS) is 2. The molecular weight excluding hydrogens is 158 g/mol. The first-order valence-corrected chi connectivity index (χ1v) is 2.33. The Morgan fingerprint density at radius 3 is 2.36 bits per heavy atom. The second-order valence-corrected chi connectivity index (χ2v) is 1.17. The summed E-state index contributed by atoms with van der Waals surface area (Å²) in [5.74, 6) is 0. The fourth-order valence-corrected chi connectivity index (χ4v) is 0.204. The highest BCUT2D eigenvalue weighted by atomic mass is 16.8. The lowest BCUT2D eigenvalue weighted by atomic mass is 11.0. The van der Waals surface area contributed by atoms with Crippen LogP contribution in [0.3, 0.4) is 0 Å². The molecule has 0 aromatic heterocycles. The Morgan fingerprint density at radius 2 is 1.91 bits per heavy atom. The van der Waals surface area contributed by atoms with Crippen LogP contribution in [0.15, 0.2) is 12.5 Å². The van der Waals surface area contributed by atoms with Crippen LogP contribution in [0.5, 0.6) is 0 Å². The SMILES string of the molecule is O=C(O)O/C=C\NOC(=O)O. The Morgan fingerprint density at radius 1 is 1.27 bits per heavy atom. The summed E-state index contributed by atoms with van der Waals surface area (Å²) >= 11 is 0. The van der Waals surface area contributed by atoms with Crippen LogP contribution in [0, 0.1) is 0 Å². The van der Waals surface area contributed by atoms with E-state index in [0.717, 1.165) is 6.20 Å². The molecule has 7 nitrogen and oxygen atoms in total. The number of rotatable bonds is 3. The third-order valence-electron chi connectivity index (χ3n) is 0.451. The summed E-state index contributed by atoms with van der Waals surface area (Å²) in [6.07, 6.45) is -1.46. The second-order valence-electron chi connectivity index (χ2n) is 1.17. The number of hydrogen-bond acceptors (Lipinski definition) is 5. The maximum absolute atomic E-state index is 9.64. The van der Waals surface area contributed by atoms with Crippen LogP contribution >= 0.6 is 0 Å². The molecular formula is C4H5NO6. The summed E-state index contributed by atoms with van der Waals surface area (Å²) in [7, 11) is 0. The number of carbonyl (C=O) groups is 2. The van der Waals surface area contributed by atoms with Crippen molar-refractivity contribution in [2.24, 2.45) is 0 Å². The minimum Gasteiger partial charge on any atom is -0.449 e. The van der Waals surface area contributed by atoms with Crippen LogP contribution in [-0.4, -0.2) is 22.5 Å². The van der Waals surface area contributed by atoms with Crippen LogP contribution in [-0.2, 0) is 9.57 Å². The normalized spacial score (nSPS) is 9.09. The van der Waals surface area contributed by atoms with E-state index < -0.39 is 12.3 Å². The zero-order valence-corrected chi connectivity index (χ0v) is 5.18. The standard InChI is InChI=1S/C4H5NO6/c6-3(7)10-2-1-5-11-4(8)9/h1-2,5H,(H,6,7)(H,8,9)/b2-1-. The van der Waals surface area contributed by atoms with Crippen LogP contribution in [0.4, 0.5) is 9.59 Å². The average molecular weight is 163 g/mol. The lowest BCUT2D eigenvalue weighted by molar-refractivity contribution is 0.0602. The molecule has 62 valence electrons. The zero-order chi connectivity index (χ0) is 8.69. The number of nitrogens with one attached hydrogen (secondary N) is 1. The van der Waals surface area contributed by atoms with E-state index in [1.54, 1.807) is 5.48 Å². The molecule has 7 heteroatoms. The molecule has 0 saturated heterocycles. The van der Waals surface area contributed by atoms with Gasteiger partial charge in [-0.25, -0.2) is 15.1 Å². The van der Waals surface area contributed by atoms with E-state index in [2.05, 4.69) is 9.57 Å². The Bertz CT molecular complexity index is 175. The van der Waals surface area contributed by atoms with Crippen molar-refractivity contribution in [1.82, 2.24) is 5.48 Å². The summed E-state index contributed by atoms with van der Waals surface area (Å²) in [5, 5.41) is 15.7. The van der Waals surface area contributed by atoms with Crippen LogP contribution in [0.25, 0.3) is 0 Å². The van der Waals surface area contributed by atoms with E-state index in [1.165, 1.54) is 0 Å². The maximum atomic E-state index is 9.64. The molecule has 3 N–H and O–H groups in total. The molecule has 0 heterocycles. The van der Waals surface area contributed by atoms with Crippen molar-refractivity contribution < 1.29 is 29.4 Å². The smallest absolute Gasteiger partial charge is 0.449 e. The van der Waals surface area contributed by atoms with Gasteiger partial charge in [-0.3, -0.25) is 0 Å². The van der Waals surface area contributed by atoms with Crippen LogP contribution in [0.1, 0.15) is 0 Å². The monoisotopic (exact) mass is 163 g/mol. The number of hydroxylamine groups is 1. The van der Waals surface area contributed by atoms with Gasteiger partial charge in [0.2, 0.25) is 0 Å². The topological polar surface area (TPSA) is 105 Å². The zero-order valence-electron chi connectivity index (χ0n) is 5.18. The number of hydrogen-bond donors (Lipinski definition) is 3. The van der Waals surface area contributed by atoms with Gasteiger partial charge in [-0.1, -0.05) is 0 Å². The van der Waals surface area contributed by atoms with E-state index >= 15 is 0 Å². The van der Waals surface area contributed by atoms with Crippen molar-refractivity contribution in [3.8, 4) is 0 Å². The van der Waals surface area contributed by atoms with Crippen molar-refractivity contribution in [3.63, 3.8) is 0 Å². The van der Waals surface area contributed by atoms with Gasteiger partial charge < -0.3 is 19.8 Å². The lowest BCUT2D eigenvalue weighted by Gasteiger charge is -1.94. The molecule has 0 aliphatic heterocycles. The molecule has 0 aliphatic rings. The molecule has 0 aromatic rings. The Hall–Kier alpha value is -1.92. The van der Waals surface area contributed by atoms with E-state index in [1.807, 2.05) is 0 Å². The summed E-state index contributed by atoms with van der Waals surface area (Å²) in [5.41, 5.74) is 1.77. The molecule has 0 unspecified atom stereocenters. The lowest BCUT2D eigenvalue weighted by Crippen LogP contribution is -2.11. The molecule has 0 aromatic carbocycles. The summed E-state index contributed by atoms with van der Waals surface area (Å²) < 4.78 is 3.82. The molecule has 0 radical (unpaired) electrons. The number of ether oxygens (including phenoxy) is 1. The highest BCUT2D eigenvalue weighted by Crippen LogP contribution is 1.76. The highest BCUT2D eigenvalue weighted by molar-refractivity contribution is 5.57. The molecule has 0 fully saturated rings. The van der Waals surface area contributed by atoms with Crippen molar-refractivity contribution in [2.75, 3.05) is 0 Å². The van der Waals surface area contributed by atoms with Gasteiger partial charge in [-0.2, -0.15) is 0 Å². The maximum Gasteiger partial charge on any atom is 0.530 e. The summed E-state index contributed by atoms with van der Waals surface area (Å²) in [6.45, 7) is 0. The van der Waals surface area contributed by atoms with E-state index in [-0.39, 0.29) is 0 Å². The second kappa shape index (κ2) is 4.91. The first-order valence-electron chi connectivity index (χ1n) is 2.33. The van der Waals surface area contributed by atoms with Gasteiger partial charge in [0.1, 0.15) is 6.26 Å². The van der Waals surface area contributed by atoms with Crippen LogP contribution in [0.2, 0.25) is 0 Å². The Labute approximate surface area is 60.8 Å². The van der Waals surface area contributed by atoms with Crippen molar-refractivity contribution >= 4 is 12.3 Å². The van der Waals surface area contributed by atoms with Gasteiger partial charge in [0, 0.05) is 0 Å². The summed E-state index contributed by atoms with van der Waals surface area (Å²) in [4.78, 5) is 23.0. The van der Waals surface area contributed by atoms with Crippen molar-refractivity contribution in [2.45, 2.75) is 0 Å². The fraction of sp³-hybridized carbons (Fsp3) is 0. The van der Waals surface area contributed by atoms with Gasteiger partial charge in [0.25, 0.3) is 0 Å². The van der Waals surface area contributed by atoms with Gasteiger partial charge in [-0.05, 0) is 0 Å². The third-order valence-corrected chi connectivity index (χ3v) is 0.451. The van der Waals surface area contributed by atoms with Crippen LogP contribution < -0.4 is 5.48 Å². The average Bonchev–Trinajstić information content (AvgIpc) is 1.85. The van der Waals surface area contributed by atoms with Gasteiger partial charge in [-0.15, -0.1) is 0 Å². The summed E-state index contributed by atoms with van der Waals surface area (Å²) in [6, 6.07) is 0. The molecule has 0 aliphatic carbocycles. The minimum absolute atomic E-state index is 0.714. The molecule has 11 heavy (non-hydrogen) atoms. The first-order chi connectivity index (χ1) is 5.13. The van der Waals surface area contributed by atoms with Gasteiger partial charge in [0.15, 0.2) is 0 Å². The highest BCUT2D eigenvalue weighted by Gasteiger charge is 1.91. The van der Waals surface area contributed by atoms with E-state index in [9.17, 15) is 9.59 Å². The quantitative estimate of drug-likeness (QED) is 0.313. The predicted molar refractivity (Wildman–Crippen MR) is 30.5 cm³/mol. The molecule has 0 saturated carbocycles. The first kappa shape index (κ1) is 9.08. The van der Waals surface area contributed by atoms with Crippen molar-refractivity contribution in [3.05, 3.63) is 12.5 Å². The molecule has 0 atom stereocenters. The fourth-order valence-electron chi connectivity index (χ4n) is 0.204. The molecule has 0 bridgehead atoms. The van der Waals surface area contributed by atoms with E-state index in [0.29, 0.717) is 6.26 Å². The largest absolute Gasteiger partial charge is 0.530 e. The van der Waals surface area contributed by atoms with E-state index in [4.69, 9.17) is 10.2 Å². The minimum atomic E-state index is -1.54. The molecule has 0 amide bonds. The van der Waals surface area contributed by atoms with Gasteiger partial charge in [0.05, 0.1) is 6.20 Å². The Balaban J connectivity index is 3.30. The predicted octanol–water partition coefficient (Wildman–Crippen LogP) is 0.351. The van der Waals surface area contributed by atoms with Crippen molar-refractivity contribution in [1.29, 1.82) is 0 Å². The molecule has 0 rings (SSSR count). The molecule has 0 spiro atoms. The Kier molecular flexibility index (Phi) is 4.06.